The molecule has 2 N–H and O–H groups in total. The third kappa shape index (κ3) is 2.90. The molecule has 1 aromatic carbocycles. The maximum Gasteiger partial charge on any atom is 0.255 e. The van der Waals surface area contributed by atoms with Crippen LogP contribution in [0.2, 0.25) is 0 Å². The predicted molar refractivity (Wildman–Crippen MR) is 87.3 cm³/mol. The lowest BCUT2D eigenvalue weighted by Crippen LogP contribution is -2.26. The number of nitrogens with one attached hydrogen (secondary N) is 2. The maximum absolute atomic E-state index is 12.6. The van der Waals surface area contributed by atoms with E-state index in [1.54, 1.807) is 23.9 Å². The number of carbonyl (C=O) groups is 1. The molecule has 1 aliphatic heterocycles. The van der Waals surface area contributed by atoms with Gasteiger partial charge in [0.1, 0.15) is 5.75 Å². The van der Waals surface area contributed by atoms with Crippen LogP contribution >= 0.6 is 0 Å². The quantitative estimate of drug-likeness (QED) is 0.904. The molecule has 3 rings (SSSR count). The molecule has 0 unspecified atom stereocenters. The summed E-state index contributed by atoms with van der Waals surface area (Å²) in [6, 6.07) is 7.31. The van der Waals surface area contributed by atoms with Crippen molar-refractivity contribution in [2.45, 2.75) is 26.8 Å². The Bertz CT molecular complexity index is 779. The van der Waals surface area contributed by atoms with Gasteiger partial charge in [-0.1, -0.05) is 19.1 Å². The number of ether oxygens (including phenoxy) is 1. The van der Waals surface area contributed by atoms with E-state index in [2.05, 4.69) is 20.7 Å². The Labute approximate surface area is 134 Å². The molecular weight excluding hydrogens is 294 g/mol. The normalized spacial score (nSPS) is 13.3. The highest BCUT2D eigenvalue weighted by Gasteiger charge is 2.23. The first-order valence-corrected chi connectivity index (χ1v) is 7.47. The largest absolute Gasteiger partial charge is 0.495 e. The van der Waals surface area contributed by atoms with Gasteiger partial charge in [0.15, 0.2) is 5.82 Å². The number of nitrogens with zero attached hydrogens (tertiary/aromatic N) is 3. The molecule has 0 radical (unpaired) electrons. The molecule has 1 aromatic heterocycles. The zero-order chi connectivity index (χ0) is 16.4. The Morgan fingerprint density at radius 2 is 2.22 bits per heavy atom. The van der Waals surface area contributed by atoms with Gasteiger partial charge in [-0.2, -0.15) is 10.1 Å². The molecule has 0 saturated carbocycles. The van der Waals surface area contributed by atoms with E-state index in [0.717, 1.165) is 17.9 Å². The topological polar surface area (TPSA) is 81.1 Å². The van der Waals surface area contributed by atoms with Crippen LogP contribution in [0.15, 0.2) is 35.5 Å². The molecule has 7 nitrogen and oxygen atoms in total. The zero-order valence-corrected chi connectivity index (χ0v) is 13.4. The SMILES string of the molecule is CCc1nc2n(n1)CC(C(=O)Nc1ccccc1OC)=C(C)N2. The van der Waals surface area contributed by atoms with Gasteiger partial charge in [0, 0.05) is 12.1 Å². The fourth-order valence-electron chi connectivity index (χ4n) is 2.44. The predicted octanol–water partition coefficient (Wildman–Crippen LogP) is 2.19. The molecule has 23 heavy (non-hydrogen) atoms. The van der Waals surface area contributed by atoms with Crippen LogP contribution in [0.3, 0.4) is 0 Å². The number of methoxy groups -OCH3 is 1. The van der Waals surface area contributed by atoms with E-state index < -0.39 is 0 Å². The molecule has 0 bridgehead atoms. The van der Waals surface area contributed by atoms with Crippen molar-refractivity contribution in [2.75, 3.05) is 17.7 Å². The highest BCUT2D eigenvalue weighted by molar-refractivity contribution is 6.05. The van der Waals surface area contributed by atoms with Crippen LogP contribution in [0, 0.1) is 0 Å². The third-order valence-corrected chi connectivity index (χ3v) is 3.72. The maximum atomic E-state index is 12.6. The Balaban J connectivity index is 1.82. The Hall–Kier alpha value is -2.83. The summed E-state index contributed by atoms with van der Waals surface area (Å²) in [6.07, 6.45) is 0.753. The smallest absolute Gasteiger partial charge is 0.255 e. The Kier molecular flexibility index (Phi) is 4.01. The van der Waals surface area contributed by atoms with E-state index in [0.29, 0.717) is 29.5 Å². The molecule has 2 heterocycles. The third-order valence-electron chi connectivity index (χ3n) is 3.72. The molecule has 120 valence electrons. The molecule has 0 fully saturated rings. The van der Waals surface area contributed by atoms with E-state index in [1.165, 1.54) is 0 Å². The van der Waals surface area contributed by atoms with E-state index in [-0.39, 0.29) is 5.91 Å². The number of fused-ring (bicyclic) bond motifs is 1. The first-order valence-electron chi connectivity index (χ1n) is 7.47. The average molecular weight is 313 g/mol. The summed E-state index contributed by atoms with van der Waals surface area (Å²) < 4.78 is 6.97. The number of anilines is 2. The second-order valence-electron chi connectivity index (χ2n) is 5.25. The number of para-hydroxylation sites is 2. The summed E-state index contributed by atoms with van der Waals surface area (Å²) in [5.74, 6) is 1.87. The summed E-state index contributed by atoms with van der Waals surface area (Å²) >= 11 is 0. The van der Waals surface area contributed by atoms with Crippen LogP contribution in [0.5, 0.6) is 5.75 Å². The molecular formula is C16H19N5O2. The van der Waals surface area contributed by atoms with Crippen molar-refractivity contribution in [3.05, 3.63) is 41.4 Å². The van der Waals surface area contributed by atoms with E-state index in [1.807, 2.05) is 26.0 Å². The molecule has 0 saturated heterocycles. The fourth-order valence-corrected chi connectivity index (χ4v) is 2.44. The number of aryl methyl sites for hydroxylation is 1. The lowest BCUT2D eigenvalue weighted by molar-refractivity contribution is -0.113. The van der Waals surface area contributed by atoms with E-state index >= 15 is 0 Å². The molecule has 2 aromatic rings. The summed E-state index contributed by atoms with van der Waals surface area (Å²) in [5, 5.41) is 10.4. The van der Waals surface area contributed by atoms with Gasteiger partial charge in [0.25, 0.3) is 5.91 Å². The van der Waals surface area contributed by atoms with Crippen LogP contribution in [0.4, 0.5) is 11.6 Å². The van der Waals surface area contributed by atoms with Crippen LogP contribution in [-0.4, -0.2) is 27.8 Å². The lowest BCUT2D eigenvalue weighted by Gasteiger charge is -2.20. The summed E-state index contributed by atoms with van der Waals surface area (Å²) in [5.41, 5.74) is 2.04. The second kappa shape index (κ2) is 6.12. The second-order valence-corrected chi connectivity index (χ2v) is 5.25. The van der Waals surface area contributed by atoms with Crippen molar-refractivity contribution < 1.29 is 9.53 Å². The highest BCUT2D eigenvalue weighted by Crippen LogP contribution is 2.25. The van der Waals surface area contributed by atoms with Gasteiger partial charge in [-0.25, -0.2) is 4.68 Å². The van der Waals surface area contributed by atoms with E-state index in [9.17, 15) is 4.79 Å². The molecule has 1 aliphatic rings. The number of allylic oxidation sites excluding steroid dienone is 1. The van der Waals surface area contributed by atoms with Crippen molar-refractivity contribution in [2.24, 2.45) is 0 Å². The number of rotatable bonds is 4. The van der Waals surface area contributed by atoms with Crippen molar-refractivity contribution >= 4 is 17.5 Å². The summed E-state index contributed by atoms with van der Waals surface area (Å²) in [7, 11) is 1.58. The van der Waals surface area contributed by atoms with Crippen molar-refractivity contribution in [1.29, 1.82) is 0 Å². The zero-order valence-electron chi connectivity index (χ0n) is 13.4. The number of amides is 1. The van der Waals surface area contributed by atoms with Gasteiger partial charge in [0.05, 0.1) is 24.9 Å². The van der Waals surface area contributed by atoms with Gasteiger partial charge < -0.3 is 15.4 Å². The highest BCUT2D eigenvalue weighted by atomic mass is 16.5. The van der Waals surface area contributed by atoms with Gasteiger partial charge in [-0.3, -0.25) is 4.79 Å². The van der Waals surface area contributed by atoms with Crippen molar-refractivity contribution in [3.63, 3.8) is 0 Å². The monoisotopic (exact) mass is 313 g/mol. The van der Waals surface area contributed by atoms with Gasteiger partial charge >= 0.3 is 0 Å². The van der Waals surface area contributed by atoms with Crippen LogP contribution < -0.4 is 15.4 Å². The Morgan fingerprint density at radius 1 is 1.43 bits per heavy atom. The number of carbonyl (C=O) groups excluding carboxylic acids is 1. The minimum Gasteiger partial charge on any atom is -0.495 e. The minimum atomic E-state index is -0.182. The van der Waals surface area contributed by atoms with Gasteiger partial charge in [-0.15, -0.1) is 0 Å². The summed E-state index contributed by atoms with van der Waals surface area (Å²) in [4.78, 5) is 17.0. The van der Waals surface area contributed by atoms with Crippen molar-refractivity contribution in [3.8, 4) is 5.75 Å². The van der Waals surface area contributed by atoms with E-state index in [4.69, 9.17) is 4.74 Å². The average Bonchev–Trinajstić information content (AvgIpc) is 2.96. The minimum absolute atomic E-state index is 0.182. The number of hydrogen-bond donors (Lipinski definition) is 2. The standard InChI is InChI=1S/C16H19N5O2/c1-4-14-19-16-17-10(2)11(9-21(16)20-14)15(22)18-12-7-5-6-8-13(12)23-3/h5-8H,4,9H2,1-3H3,(H,18,22)(H,17,19,20). The Morgan fingerprint density at radius 3 is 2.96 bits per heavy atom. The lowest BCUT2D eigenvalue weighted by atomic mass is 10.1. The molecule has 1 amide bonds. The van der Waals surface area contributed by atoms with Gasteiger partial charge in [-0.05, 0) is 19.1 Å². The first kappa shape index (κ1) is 15.1. The molecule has 0 aliphatic carbocycles. The number of benzene rings is 1. The first-order chi connectivity index (χ1) is 11.1. The molecule has 0 spiro atoms. The fraction of sp³-hybridized carbons (Fsp3) is 0.312. The number of hydrogen-bond acceptors (Lipinski definition) is 5. The van der Waals surface area contributed by atoms with Gasteiger partial charge in [0.2, 0.25) is 5.95 Å². The number of aromatic nitrogens is 3. The summed E-state index contributed by atoms with van der Waals surface area (Å²) in [6.45, 7) is 4.25. The van der Waals surface area contributed by atoms with Crippen LogP contribution in [0.25, 0.3) is 0 Å². The van der Waals surface area contributed by atoms with Crippen LogP contribution in [0.1, 0.15) is 19.7 Å². The van der Waals surface area contributed by atoms with Crippen LogP contribution in [-0.2, 0) is 17.8 Å². The molecule has 7 heteroatoms. The van der Waals surface area contributed by atoms with Crippen molar-refractivity contribution in [1.82, 2.24) is 14.8 Å². The molecule has 0 atom stereocenters.